The van der Waals surface area contributed by atoms with Crippen LogP contribution < -0.4 is 5.32 Å². The molecule has 3 nitrogen and oxygen atoms in total. The Morgan fingerprint density at radius 3 is 2.38 bits per heavy atom. The number of esters is 1. The number of piperidine rings is 1. The van der Waals surface area contributed by atoms with E-state index in [1.807, 2.05) is 24.3 Å². The van der Waals surface area contributed by atoms with Crippen LogP contribution in [0.2, 0.25) is 0 Å². The van der Waals surface area contributed by atoms with Gasteiger partial charge in [-0.1, -0.05) is 30.3 Å². The van der Waals surface area contributed by atoms with Crippen LogP contribution in [0.1, 0.15) is 28.8 Å². The highest BCUT2D eigenvalue weighted by molar-refractivity contribution is 14.1. The molecular formula is C18H16I3NO2. The van der Waals surface area contributed by atoms with Gasteiger partial charge in [-0.25, -0.2) is 4.79 Å². The molecule has 3 rings (SSSR count). The molecule has 0 amide bonds. The highest BCUT2D eigenvalue weighted by atomic mass is 127. The van der Waals surface area contributed by atoms with Crippen LogP contribution in [0.25, 0.3) is 0 Å². The fraction of sp³-hybridized carbons (Fsp3) is 0.278. The van der Waals surface area contributed by atoms with Crippen molar-refractivity contribution in [2.45, 2.75) is 18.4 Å². The lowest BCUT2D eigenvalue weighted by Crippen LogP contribution is -2.43. The maximum atomic E-state index is 13.0. The molecule has 0 atom stereocenters. The number of hydrogen-bond donors (Lipinski definition) is 1. The smallest absolute Gasteiger partial charge is 0.340 e. The lowest BCUT2D eigenvalue weighted by atomic mass is 9.84. The van der Waals surface area contributed by atoms with E-state index < -0.39 is 5.60 Å². The van der Waals surface area contributed by atoms with Gasteiger partial charge in [-0.2, -0.15) is 0 Å². The second kappa shape index (κ2) is 8.17. The summed E-state index contributed by atoms with van der Waals surface area (Å²) in [5.74, 6) is -0.235. The van der Waals surface area contributed by atoms with Crippen LogP contribution in [0.3, 0.4) is 0 Å². The van der Waals surface area contributed by atoms with Crippen molar-refractivity contribution >= 4 is 73.7 Å². The average molecular weight is 659 g/mol. The Hall–Kier alpha value is 0.0600. The van der Waals surface area contributed by atoms with Crippen molar-refractivity contribution < 1.29 is 9.53 Å². The van der Waals surface area contributed by atoms with E-state index in [4.69, 9.17) is 4.74 Å². The standard InChI is InChI=1S/C18H16I3NO2/c19-13-10-14(16(21)15(20)11-13)17(23)24-18(6-8-22-9-7-18)12-4-2-1-3-5-12/h1-5,10-11,22H,6-9H2. The molecule has 2 aromatic carbocycles. The van der Waals surface area contributed by atoms with Crippen LogP contribution in [0.15, 0.2) is 42.5 Å². The van der Waals surface area contributed by atoms with Crippen molar-refractivity contribution in [3.63, 3.8) is 0 Å². The summed E-state index contributed by atoms with van der Waals surface area (Å²) < 4.78 is 9.23. The largest absolute Gasteiger partial charge is 0.450 e. The summed E-state index contributed by atoms with van der Waals surface area (Å²) in [5, 5.41) is 3.36. The Bertz CT molecular complexity index is 743. The Labute approximate surface area is 182 Å². The van der Waals surface area contributed by atoms with Crippen LogP contribution in [-0.4, -0.2) is 19.1 Å². The van der Waals surface area contributed by atoms with E-state index in [-0.39, 0.29) is 5.97 Å². The number of rotatable bonds is 3. The molecule has 126 valence electrons. The van der Waals surface area contributed by atoms with Gasteiger partial charge in [0.2, 0.25) is 0 Å². The van der Waals surface area contributed by atoms with Gasteiger partial charge in [0, 0.05) is 23.6 Å². The van der Waals surface area contributed by atoms with Crippen molar-refractivity contribution in [1.29, 1.82) is 0 Å². The molecule has 6 heteroatoms. The van der Waals surface area contributed by atoms with E-state index >= 15 is 0 Å². The molecule has 0 saturated carbocycles. The van der Waals surface area contributed by atoms with Gasteiger partial charge < -0.3 is 10.1 Å². The van der Waals surface area contributed by atoms with E-state index in [2.05, 4.69) is 91.3 Å². The Morgan fingerprint density at radius 1 is 1.04 bits per heavy atom. The number of hydrogen-bond acceptors (Lipinski definition) is 3. The number of carbonyl (C=O) groups is 1. The van der Waals surface area contributed by atoms with Gasteiger partial charge >= 0.3 is 5.97 Å². The predicted octanol–water partition coefficient (Wildman–Crippen LogP) is 4.94. The van der Waals surface area contributed by atoms with Crippen LogP contribution >= 0.6 is 67.8 Å². The lowest BCUT2D eigenvalue weighted by molar-refractivity contribution is -0.0379. The number of benzene rings is 2. The first kappa shape index (κ1) is 18.8. The third-order valence-corrected chi connectivity index (χ3v) is 7.88. The molecule has 1 fully saturated rings. The number of ether oxygens (including phenoxy) is 1. The van der Waals surface area contributed by atoms with Gasteiger partial charge in [0.15, 0.2) is 0 Å². The molecular weight excluding hydrogens is 643 g/mol. The van der Waals surface area contributed by atoms with Gasteiger partial charge in [0.1, 0.15) is 5.60 Å². The topological polar surface area (TPSA) is 38.3 Å². The third kappa shape index (κ3) is 4.07. The quantitative estimate of drug-likeness (QED) is 0.289. The van der Waals surface area contributed by atoms with Gasteiger partial charge in [-0.15, -0.1) is 0 Å². The summed E-state index contributed by atoms with van der Waals surface area (Å²) in [4.78, 5) is 13.0. The molecule has 0 spiro atoms. The van der Waals surface area contributed by atoms with E-state index in [0.29, 0.717) is 5.56 Å². The molecule has 1 aliphatic rings. The van der Waals surface area contributed by atoms with Gasteiger partial charge in [-0.3, -0.25) is 0 Å². The molecule has 1 saturated heterocycles. The number of carbonyl (C=O) groups excluding carboxylic acids is 1. The maximum absolute atomic E-state index is 13.0. The molecule has 1 N–H and O–H groups in total. The number of nitrogens with one attached hydrogen (secondary N) is 1. The summed E-state index contributed by atoms with van der Waals surface area (Å²) in [6.07, 6.45) is 1.58. The molecule has 2 aromatic rings. The normalized spacial score (nSPS) is 16.6. The molecule has 0 bridgehead atoms. The molecule has 1 aliphatic heterocycles. The van der Waals surface area contributed by atoms with E-state index in [0.717, 1.165) is 42.2 Å². The van der Waals surface area contributed by atoms with Crippen molar-refractivity contribution in [3.8, 4) is 0 Å². The van der Waals surface area contributed by atoms with E-state index in [9.17, 15) is 4.79 Å². The Balaban J connectivity index is 1.95. The predicted molar refractivity (Wildman–Crippen MR) is 120 cm³/mol. The molecule has 0 aliphatic carbocycles. The van der Waals surface area contributed by atoms with Gasteiger partial charge in [-0.05, 0) is 98.6 Å². The second-order valence-electron chi connectivity index (χ2n) is 5.75. The molecule has 0 radical (unpaired) electrons. The molecule has 1 heterocycles. The Morgan fingerprint density at radius 2 is 1.71 bits per heavy atom. The summed E-state index contributed by atoms with van der Waals surface area (Å²) in [7, 11) is 0. The van der Waals surface area contributed by atoms with Crippen LogP contribution in [0.5, 0.6) is 0 Å². The highest BCUT2D eigenvalue weighted by Gasteiger charge is 2.38. The van der Waals surface area contributed by atoms with E-state index in [1.165, 1.54) is 0 Å². The summed E-state index contributed by atoms with van der Waals surface area (Å²) in [6, 6.07) is 14.1. The van der Waals surface area contributed by atoms with Crippen LogP contribution in [-0.2, 0) is 10.3 Å². The zero-order valence-corrected chi connectivity index (χ0v) is 19.3. The van der Waals surface area contributed by atoms with Gasteiger partial charge in [0.05, 0.1) is 5.56 Å². The zero-order chi connectivity index (χ0) is 17.2. The average Bonchev–Trinajstić information content (AvgIpc) is 2.59. The lowest BCUT2D eigenvalue weighted by Gasteiger charge is -2.37. The zero-order valence-electron chi connectivity index (χ0n) is 12.8. The van der Waals surface area contributed by atoms with Crippen molar-refractivity contribution in [3.05, 3.63) is 64.3 Å². The minimum absolute atomic E-state index is 0.235. The summed E-state index contributed by atoms with van der Waals surface area (Å²) >= 11 is 6.73. The monoisotopic (exact) mass is 659 g/mol. The Kier molecular flexibility index (Phi) is 6.41. The second-order valence-corrected chi connectivity index (χ2v) is 9.24. The number of halogens is 3. The first-order chi connectivity index (χ1) is 11.5. The third-order valence-electron chi connectivity index (χ3n) is 4.21. The summed E-state index contributed by atoms with van der Waals surface area (Å²) in [5.41, 5.74) is 1.19. The summed E-state index contributed by atoms with van der Waals surface area (Å²) in [6.45, 7) is 1.70. The molecule has 0 aromatic heterocycles. The highest BCUT2D eigenvalue weighted by Crippen LogP contribution is 2.36. The van der Waals surface area contributed by atoms with E-state index in [1.54, 1.807) is 0 Å². The first-order valence-electron chi connectivity index (χ1n) is 7.66. The maximum Gasteiger partial charge on any atom is 0.340 e. The molecule has 0 unspecified atom stereocenters. The fourth-order valence-corrected chi connectivity index (χ4v) is 5.34. The first-order valence-corrected chi connectivity index (χ1v) is 10.9. The fourth-order valence-electron chi connectivity index (χ4n) is 2.96. The minimum Gasteiger partial charge on any atom is -0.450 e. The van der Waals surface area contributed by atoms with Crippen molar-refractivity contribution in [2.75, 3.05) is 13.1 Å². The van der Waals surface area contributed by atoms with Crippen LogP contribution in [0.4, 0.5) is 0 Å². The van der Waals surface area contributed by atoms with Crippen molar-refractivity contribution in [2.24, 2.45) is 0 Å². The minimum atomic E-state index is -0.542. The van der Waals surface area contributed by atoms with Crippen molar-refractivity contribution in [1.82, 2.24) is 5.32 Å². The van der Waals surface area contributed by atoms with Gasteiger partial charge in [0.25, 0.3) is 0 Å². The SMILES string of the molecule is O=C(OC1(c2ccccc2)CCNCC1)c1cc(I)cc(I)c1I. The van der Waals surface area contributed by atoms with Crippen LogP contribution in [0, 0.1) is 10.7 Å². The molecule has 24 heavy (non-hydrogen) atoms.